The van der Waals surface area contributed by atoms with E-state index < -0.39 is 6.10 Å². The van der Waals surface area contributed by atoms with E-state index in [1.807, 2.05) is 24.4 Å². The summed E-state index contributed by atoms with van der Waals surface area (Å²) in [6.45, 7) is 3.64. The van der Waals surface area contributed by atoms with Crippen molar-refractivity contribution in [3.63, 3.8) is 0 Å². The summed E-state index contributed by atoms with van der Waals surface area (Å²) in [5.74, 6) is 1.42. The topological polar surface area (TPSA) is 115 Å². The van der Waals surface area contributed by atoms with Crippen LogP contribution in [0.3, 0.4) is 0 Å². The van der Waals surface area contributed by atoms with Crippen molar-refractivity contribution in [1.82, 2.24) is 29.4 Å². The SMILES string of the molecule is COCCN1C[C@H](OC(=O)N2CCN(c3ccn4ncc(-c5cccnc5OC5CCC5)c4n3)CC2)CC1=O. The zero-order chi connectivity index (χ0) is 26.8. The fourth-order valence-corrected chi connectivity index (χ4v) is 5.13. The van der Waals surface area contributed by atoms with Gasteiger partial charge in [0.25, 0.3) is 0 Å². The molecular formula is C27H33N7O5. The number of carbonyl (C=O) groups is 2. The van der Waals surface area contributed by atoms with Crippen LogP contribution in [0.4, 0.5) is 10.6 Å². The third-order valence-electron chi connectivity index (χ3n) is 7.62. The molecule has 0 bridgehead atoms. The first-order chi connectivity index (χ1) is 19.1. The molecule has 0 aromatic carbocycles. The predicted octanol–water partition coefficient (Wildman–Crippen LogP) is 2.23. The van der Waals surface area contributed by atoms with Crippen LogP contribution >= 0.6 is 0 Å². The largest absolute Gasteiger partial charge is 0.474 e. The maximum Gasteiger partial charge on any atom is 0.410 e. The summed E-state index contributed by atoms with van der Waals surface area (Å²) in [4.78, 5) is 39.9. The van der Waals surface area contributed by atoms with Crippen LogP contribution in [-0.2, 0) is 14.3 Å². The number of ether oxygens (including phenoxy) is 3. The van der Waals surface area contributed by atoms with Gasteiger partial charge in [0.15, 0.2) is 5.65 Å². The second-order valence-corrected chi connectivity index (χ2v) is 10.2. The molecule has 0 radical (unpaired) electrons. The van der Waals surface area contributed by atoms with E-state index in [1.54, 1.807) is 33.8 Å². The Labute approximate surface area is 226 Å². The zero-order valence-electron chi connectivity index (χ0n) is 22.1. The number of fused-ring (bicyclic) bond motifs is 1. The lowest BCUT2D eigenvalue weighted by Crippen LogP contribution is -2.49. The van der Waals surface area contributed by atoms with Crippen molar-refractivity contribution < 1.29 is 23.8 Å². The van der Waals surface area contributed by atoms with E-state index in [4.69, 9.17) is 19.2 Å². The number of methoxy groups -OCH3 is 1. The summed E-state index contributed by atoms with van der Waals surface area (Å²) in [5.41, 5.74) is 2.47. The maximum atomic E-state index is 12.8. The van der Waals surface area contributed by atoms with E-state index in [0.29, 0.717) is 51.8 Å². The number of hydrogen-bond acceptors (Lipinski definition) is 9. The summed E-state index contributed by atoms with van der Waals surface area (Å²) >= 11 is 0. The van der Waals surface area contributed by atoms with Crippen LogP contribution in [0.25, 0.3) is 16.8 Å². The van der Waals surface area contributed by atoms with E-state index in [9.17, 15) is 9.59 Å². The third kappa shape index (κ3) is 5.33. The first-order valence-corrected chi connectivity index (χ1v) is 13.5. The molecule has 206 valence electrons. The molecule has 2 saturated heterocycles. The number of rotatable bonds is 8. The summed E-state index contributed by atoms with van der Waals surface area (Å²) in [5, 5.41) is 4.50. The van der Waals surface area contributed by atoms with Crippen LogP contribution in [-0.4, -0.2) is 107 Å². The predicted molar refractivity (Wildman–Crippen MR) is 142 cm³/mol. The van der Waals surface area contributed by atoms with Gasteiger partial charge in [-0.25, -0.2) is 19.3 Å². The Morgan fingerprint density at radius 2 is 1.95 bits per heavy atom. The molecule has 2 amide bonds. The van der Waals surface area contributed by atoms with Crippen LogP contribution in [0.2, 0.25) is 0 Å². The number of aromatic nitrogens is 4. The fourth-order valence-electron chi connectivity index (χ4n) is 5.13. The van der Waals surface area contributed by atoms with Gasteiger partial charge in [0.2, 0.25) is 11.8 Å². The molecule has 12 nitrogen and oxygen atoms in total. The van der Waals surface area contributed by atoms with Crippen LogP contribution in [0, 0.1) is 0 Å². The van der Waals surface area contributed by atoms with Crippen molar-refractivity contribution >= 4 is 23.5 Å². The number of nitrogens with zero attached hydrogens (tertiary/aromatic N) is 7. The molecule has 1 atom stereocenters. The average molecular weight is 536 g/mol. The summed E-state index contributed by atoms with van der Waals surface area (Å²) in [6.07, 6.45) is 8.38. The minimum Gasteiger partial charge on any atom is -0.474 e. The maximum absolute atomic E-state index is 12.8. The molecule has 3 aromatic rings. The minimum atomic E-state index is -0.421. The molecule has 0 spiro atoms. The molecule has 6 rings (SSSR count). The molecule has 12 heteroatoms. The Morgan fingerprint density at radius 3 is 2.72 bits per heavy atom. The van der Waals surface area contributed by atoms with Crippen molar-refractivity contribution in [2.24, 2.45) is 0 Å². The van der Waals surface area contributed by atoms with Gasteiger partial charge in [-0.15, -0.1) is 0 Å². The number of likely N-dealkylation sites (tertiary alicyclic amines) is 1. The first kappa shape index (κ1) is 25.4. The lowest BCUT2D eigenvalue weighted by atomic mass is 9.96. The highest BCUT2D eigenvalue weighted by Crippen LogP contribution is 2.34. The zero-order valence-corrected chi connectivity index (χ0v) is 22.1. The smallest absolute Gasteiger partial charge is 0.410 e. The van der Waals surface area contributed by atoms with E-state index in [0.717, 1.165) is 35.4 Å². The lowest BCUT2D eigenvalue weighted by Gasteiger charge is -2.35. The van der Waals surface area contributed by atoms with Gasteiger partial charge in [-0.1, -0.05) is 0 Å². The van der Waals surface area contributed by atoms with E-state index >= 15 is 0 Å². The molecule has 3 fully saturated rings. The standard InChI is InChI=1S/C27H33N7O5/c1-37-15-14-33-18-20(16-24(33)35)39-27(36)32-12-10-31(11-13-32)23-7-9-34-25(30-23)22(17-29-34)21-6-3-8-28-26(21)38-19-4-2-5-19/h3,6-9,17,19-20H,2,4-5,10-16,18H2,1H3/t20-/m1/s1. The lowest BCUT2D eigenvalue weighted by molar-refractivity contribution is -0.128. The number of pyridine rings is 1. The van der Waals surface area contributed by atoms with Crippen LogP contribution in [0.5, 0.6) is 5.88 Å². The number of piperazine rings is 1. The second-order valence-electron chi connectivity index (χ2n) is 10.2. The van der Waals surface area contributed by atoms with Gasteiger partial charge in [-0.2, -0.15) is 5.10 Å². The van der Waals surface area contributed by atoms with E-state index in [2.05, 4.69) is 15.0 Å². The molecule has 1 saturated carbocycles. The molecule has 5 heterocycles. The molecule has 0 N–H and O–H groups in total. The number of carbonyl (C=O) groups excluding carboxylic acids is 2. The van der Waals surface area contributed by atoms with Crippen LogP contribution in [0.1, 0.15) is 25.7 Å². The normalized spacial score (nSPS) is 20.0. The quantitative estimate of drug-likeness (QED) is 0.428. The Bertz CT molecular complexity index is 1340. The van der Waals surface area contributed by atoms with Crippen LogP contribution < -0.4 is 9.64 Å². The third-order valence-corrected chi connectivity index (χ3v) is 7.62. The molecular weight excluding hydrogens is 502 g/mol. The first-order valence-electron chi connectivity index (χ1n) is 13.5. The number of anilines is 1. The highest BCUT2D eigenvalue weighted by Gasteiger charge is 2.34. The monoisotopic (exact) mass is 535 g/mol. The van der Waals surface area contributed by atoms with Crippen molar-refractivity contribution in [2.45, 2.75) is 37.9 Å². The van der Waals surface area contributed by atoms with Crippen molar-refractivity contribution in [3.05, 3.63) is 36.8 Å². The van der Waals surface area contributed by atoms with Crippen molar-refractivity contribution in [3.8, 4) is 17.0 Å². The second kappa shape index (κ2) is 11.0. The molecule has 0 unspecified atom stereocenters. The Hall–Kier alpha value is -3.93. The number of hydrogen-bond donors (Lipinski definition) is 0. The minimum absolute atomic E-state index is 0.0108. The van der Waals surface area contributed by atoms with Gasteiger partial charge in [-0.05, 0) is 37.5 Å². The van der Waals surface area contributed by atoms with Crippen LogP contribution in [0.15, 0.2) is 36.8 Å². The van der Waals surface area contributed by atoms with E-state index in [-0.39, 0.29) is 24.5 Å². The number of amides is 2. The molecule has 3 aliphatic rings. The molecule has 3 aromatic heterocycles. The molecule has 39 heavy (non-hydrogen) atoms. The Morgan fingerprint density at radius 1 is 1.10 bits per heavy atom. The highest BCUT2D eigenvalue weighted by molar-refractivity contribution is 5.81. The van der Waals surface area contributed by atoms with Gasteiger partial charge >= 0.3 is 6.09 Å². The molecule has 1 aliphatic carbocycles. The highest BCUT2D eigenvalue weighted by atomic mass is 16.6. The summed E-state index contributed by atoms with van der Waals surface area (Å²) in [6, 6.07) is 5.82. The van der Waals surface area contributed by atoms with E-state index in [1.165, 1.54) is 6.42 Å². The van der Waals surface area contributed by atoms with Crippen molar-refractivity contribution in [2.75, 3.05) is 57.9 Å². The Kier molecular flexibility index (Phi) is 7.18. The van der Waals surface area contributed by atoms with Gasteiger partial charge in [0.05, 0.1) is 31.3 Å². The summed E-state index contributed by atoms with van der Waals surface area (Å²) in [7, 11) is 1.60. The molecule has 2 aliphatic heterocycles. The van der Waals surface area contributed by atoms with Gasteiger partial charge in [0.1, 0.15) is 18.0 Å². The van der Waals surface area contributed by atoms with Crippen molar-refractivity contribution in [1.29, 1.82) is 0 Å². The van der Waals surface area contributed by atoms with Gasteiger partial charge < -0.3 is 28.9 Å². The summed E-state index contributed by atoms with van der Waals surface area (Å²) < 4.78 is 18.6. The van der Waals surface area contributed by atoms with Gasteiger partial charge in [-0.3, -0.25) is 4.79 Å². The fraction of sp³-hybridized carbons (Fsp3) is 0.519. The average Bonchev–Trinajstić information content (AvgIpc) is 3.51. The Balaban J connectivity index is 1.10. The van der Waals surface area contributed by atoms with Gasteiger partial charge in [0, 0.05) is 57.8 Å².